The van der Waals surface area contributed by atoms with Gasteiger partial charge in [-0.15, -0.1) is 23.2 Å². The summed E-state index contributed by atoms with van der Waals surface area (Å²) in [6.07, 6.45) is -9.99. The monoisotopic (exact) mass is 330 g/mol. The Bertz CT molecular complexity index is 449. The first-order valence-electron chi connectivity index (χ1n) is 4.20. The van der Waals surface area contributed by atoms with Crippen LogP contribution >= 0.6 is 34.8 Å². The van der Waals surface area contributed by atoms with Gasteiger partial charge in [-0.25, -0.2) is 0 Å². The SMILES string of the molecule is FC(F)(F)c1cc(C(Cl)Cl)c(Cl)c(C(F)(F)F)c1. The summed E-state index contributed by atoms with van der Waals surface area (Å²) in [5, 5.41) is -0.939. The van der Waals surface area contributed by atoms with Crippen molar-refractivity contribution in [2.45, 2.75) is 17.2 Å². The first-order chi connectivity index (χ1) is 7.94. The smallest absolute Gasteiger partial charge is 0.166 e. The Morgan fingerprint density at radius 1 is 0.889 bits per heavy atom. The van der Waals surface area contributed by atoms with E-state index in [9.17, 15) is 26.3 Å². The molecule has 0 aliphatic carbocycles. The summed E-state index contributed by atoms with van der Waals surface area (Å²) in [5.41, 5.74) is -3.78. The first-order valence-corrected chi connectivity index (χ1v) is 5.45. The Kier molecular flexibility index (Phi) is 4.35. The van der Waals surface area contributed by atoms with Crippen LogP contribution in [0.25, 0.3) is 0 Å². The molecule has 0 fully saturated rings. The van der Waals surface area contributed by atoms with E-state index in [2.05, 4.69) is 0 Å². The third kappa shape index (κ3) is 3.36. The number of alkyl halides is 8. The van der Waals surface area contributed by atoms with Crippen molar-refractivity contribution < 1.29 is 26.3 Å². The fourth-order valence-electron chi connectivity index (χ4n) is 1.18. The van der Waals surface area contributed by atoms with Crippen LogP contribution < -0.4 is 0 Å². The van der Waals surface area contributed by atoms with E-state index in [1.165, 1.54) is 0 Å². The summed E-state index contributed by atoms with van der Waals surface area (Å²) >= 11 is 16.0. The molecule has 102 valence electrons. The number of hydrogen-bond donors (Lipinski definition) is 0. The summed E-state index contributed by atoms with van der Waals surface area (Å²) in [5.74, 6) is 0. The van der Waals surface area contributed by atoms with Crippen LogP contribution in [0.3, 0.4) is 0 Å². The Hall–Kier alpha value is -0.330. The van der Waals surface area contributed by atoms with Crippen LogP contribution in [-0.2, 0) is 12.4 Å². The Labute approximate surface area is 112 Å². The van der Waals surface area contributed by atoms with E-state index in [0.717, 1.165) is 0 Å². The number of hydrogen-bond acceptors (Lipinski definition) is 0. The second kappa shape index (κ2) is 4.98. The molecule has 0 unspecified atom stereocenters. The lowest BCUT2D eigenvalue weighted by Crippen LogP contribution is -2.13. The fraction of sp³-hybridized carbons (Fsp3) is 0.333. The third-order valence-electron chi connectivity index (χ3n) is 1.97. The van der Waals surface area contributed by atoms with E-state index < -0.39 is 38.9 Å². The van der Waals surface area contributed by atoms with Crippen LogP contribution in [0.5, 0.6) is 0 Å². The second-order valence-corrected chi connectivity index (χ2v) is 4.70. The highest BCUT2D eigenvalue weighted by Crippen LogP contribution is 2.44. The normalized spacial score (nSPS) is 13.2. The molecule has 0 atom stereocenters. The van der Waals surface area contributed by atoms with Crippen molar-refractivity contribution in [2.24, 2.45) is 0 Å². The Morgan fingerprint density at radius 2 is 1.39 bits per heavy atom. The maximum Gasteiger partial charge on any atom is 0.417 e. The van der Waals surface area contributed by atoms with Crippen molar-refractivity contribution >= 4 is 34.8 Å². The van der Waals surface area contributed by atoms with Crippen molar-refractivity contribution in [3.63, 3.8) is 0 Å². The van der Waals surface area contributed by atoms with Gasteiger partial charge in [-0.1, -0.05) is 11.6 Å². The molecule has 0 nitrogen and oxygen atoms in total. The van der Waals surface area contributed by atoms with Gasteiger partial charge in [-0.2, -0.15) is 26.3 Å². The minimum atomic E-state index is -5.03. The zero-order chi connectivity index (χ0) is 14.3. The maximum atomic E-state index is 12.5. The van der Waals surface area contributed by atoms with Gasteiger partial charge < -0.3 is 0 Å². The summed E-state index contributed by atoms with van der Waals surface area (Å²) in [4.78, 5) is -1.60. The van der Waals surface area contributed by atoms with E-state index in [-0.39, 0.29) is 6.07 Å². The lowest BCUT2D eigenvalue weighted by Gasteiger charge is -2.17. The van der Waals surface area contributed by atoms with E-state index in [1.807, 2.05) is 0 Å². The van der Waals surface area contributed by atoms with E-state index in [4.69, 9.17) is 34.8 Å². The molecule has 0 heterocycles. The molecule has 1 rings (SSSR count). The highest BCUT2D eigenvalue weighted by atomic mass is 35.5. The molecule has 0 aromatic heterocycles. The molecular formula is C9H3Cl3F6. The van der Waals surface area contributed by atoms with Gasteiger partial charge in [0.2, 0.25) is 0 Å². The standard InChI is InChI=1S/C9H3Cl3F6/c10-6-4(7(11)12)1-3(8(13,14)15)2-5(6)9(16,17)18/h1-2,7H. The molecule has 1 aromatic rings. The number of halogens is 9. The molecule has 0 N–H and O–H groups in total. The molecule has 0 aliphatic heterocycles. The molecule has 1 aromatic carbocycles. The van der Waals surface area contributed by atoms with Crippen molar-refractivity contribution in [1.82, 2.24) is 0 Å². The minimum Gasteiger partial charge on any atom is -0.166 e. The van der Waals surface area contributed by atoms with E-state index in [1.54, 1.807) is 0 Å². The molecule has 0 amide bonds. The molecule has 0 saturated carbocycles. The van der Waals surface area contributed by atoms with Gasteiger partial charge in [-0.3, -0.25) is 0 Å². The molecule has 0 saturated heterocycles. The minimum absolute atomic E-state index is 0.0814. The zero-order valence-corrected chi connectivity index (χ0v) is 10.4. The van der Waals surface area contributed by atoms with E-state index >= 15 is 0 Å². The van der Waals surface area contributed by atoms with Crippen molar-refractivity contribution in [2.75, 3.05) is 0 Å². The Balaban J connectivity index is 3.58. The molecule has 18 heavy (non-hydrogen) atoms. The molecule has 0 radical (unpaired) electrons. The predicted octanol–water partition coefficient (Wildman–Crippen LogP) is 5.85. The summed E-state index contributed by atoms with van der Waals surface area (Å²) in [6, 6.07) is 0.310. The average molecular weight is 331 g/mol. The van der Waals surface area contributed by atoms with Gasteiger partial charge >= 0.3 is 12.4 Å². The third-order valence-corrected chi connectivity index (χ3v) is 2.86. The topological polar surface area (TPSA) is 0 Å². The lowest BCUT2D eigenvalue weighted by molar-refractivity contribution is -0.143. The Morgan fingerprint density at radius 3 is 1.72 bits per heavy atom. The fourth-order valence-corrected chi connectivity index (χ4v) is 1.96. The molecule has 0 bridgehead atoms. The first kappa shape index (κ1) is 15.7. The van der Waals surface area contributed by atoms with Gasteiger partial charge in [0, 0.05) is 5.56 Å². The summed E-state index contributed by atoms with van der Waals surface area (Å²) in [7, 11) is 0. The molecule has 9 heteroatoms. The number of rotatable bonds is 1. The summed E-state index contributed by atoms with van der Waals surface area (Å²) < 4.78 is 74.9. The van der Waals surface area contributed by atoms with Gasteiger partial charge in [0.1, 0.15) is 4.84 Å². The largest absolute Gasteiger partial charge is 0.417 e. The zero-order valence-electron chi connectivity index (χ0n) is 8.13. The summed E-state index contributed by atoms with van der Waals surface area (Å²) in [6.45, 7) is 0. The van der Waals surface area contributed by atoms with Crippen LogP contribution in [0.4, 0.5) is 26.3 Å². The van der Waals surface area contributed by atoms with Crippen LogP contribution in [-0.4, -0.2) is 0 Å². The quantitative estimate of drug-likeness (QED) is 0.447. The van der Waals surface area contributed by atoms with Gasteiger partial charge in [0.05, 0.1) is 16.1 Å². The van der Waals surface area contributed by atoms with Gasteiger partial charge in [-0.05, 0) is 12.1 Å². The van der Waals surface area contributed by atoms with Crippen LogP contribution in [0.2, 0.25) is 5.02 Å². The molecular weight excluding hydrogens is 328 g/mol. The highest BCUT2D eigenvalue weighted by molar-refractivity contribution is 6.45. The van der Waals surface area contributed by atoms with Crippen molar-refractivity contribution in [3.8, 4) is 0 Å². The van der Waals surface area contributed by atoms with Crippen LogP contribution in [0, 0.1) is 0 Å². The highest BCUT2D eigenvalue weighted by Gasteiger charge is 2.39. The van der Waals surface area contributed by atoms with Crippen molar-refractivity contribution in [1.29, 1.82) is 0 Å². The van der Waals surface area contributed by atoms with Crippen LogP contribution in [0.1, 0.15) is 21.5 Å². The van der Waals surface area contributed by atoms with Gasteiger partial charge in [0.25, 0.3) is 0 Å². The number of benzene rings is 1. The van der Waals surface area contributed by atoms with Crippen molar-refractivity contribution in [3.05, 3.63) is 33.8 Å². The van der Waals surface area contributed by atoms with Gasteiger partial charge in [0.15, 0.2) is 0 Å². The predicted molar refractivity (Wildman–Crippen MR) is 55.9 cm³/mol. The molecule has 0 spiro atoms. The molecule has 0 aliphatic rings. The maximum absolute atomic E-state index is 12.5. The van der Waals surface area contributed by atoms with E-state index in [0.29, 0.717) is 6.07 Å². The van der Waals surface area contributed by atoms with Crippen LogP contribution in [0.15, 0.2) is 12.1 Å². The average Bonchev–Trinajstić information content (AvgIpc) is 2.13. The lowest BCUT2D eigenvalue weighted by atomic mass is 10.1. The second-order valence-electron chi connectivity index (χ2n) is 3.22.